The number of carbonyl (C=O) groups excluding carboxylic acids is 1. The topological polar surface area (TPSA) is 120 Å². The number of hydrogen-bond acceptors (Lipinski definition) is 6. The number of nitrogens with one attached hydrogen (secondary N) is 2. The minimum atomic E-state index is -4.67. The molecule has 13 heteroatoms. The number of piperidine rings is 1. The second-order valence-corrected chi connectivity index (χ2v) is 9.62. The van der Waals surface area contributed by atoms with Crippen LogP contribution >= 0.6 is 0 Å². The van der Waals surface area contributed by atoms with Crippen LogP contribution < -0.4 is 10.2 Å². The monoisotopic (exact) mass is 523 g/mol. The molecule has 6 heterocycles. The highest BCUT2D eigenvalue weighted by Gasteiger charge is 2.38. The molecule has 1 amide bonds. The highest BCUT2D eigenvalue weighted by atomic mass is 19.4. The van der Waals surface area contributed by atoms with Gasteiger partial charge in [-0.1, -0.05) is 0 Å². The summed E-state index contributed by atoms with van der Waals surface area (Å²) in [5.41, 5.74) is 0.844. The molecule has 1 fully saturated rings. The minimum Gasteiger partial charge on any atom is -0.346 e. The van der Waals surface area contributed by atoms with Gasteiger partial charge >= 0.3 is 6.18 Å². The van der Waals surface area contributed by atoms with Crippen LogP contribution in [-0.2, 0) is 17.5 Å². The molecule has 2 aliphatic heterocycles. The van der Waals surface area contributed by atoms with Gasteiger partial charge < -0.3 is 10.3 Å². The molecule has 0 aliphatic carbocycles. The summed E-state index contributed by atoms with van der Waals surface area (Å²) in [6.45, 7) is 1.70. The van der Waals surface area contributed by atoms with E-state index < -0.39 is 11.9 Å². The summed E-state index contributed by atoms with van der Waals surface area (Å²) in [6, 6.07) is 3.95. The molecule has 0 spiro atoms. The summed E-state index contributed by atoms with van der Waals surface area (Å²) in [6.07, 6.45) is 1.63. The fraction of sp³-hybridized carbons (Fsp3) is 0.400. The third kappa shape index (κ3) is 3.92. The second-order valence-electron chi connectivity index (χ2n) is 9.62. The quantitative estimate of drug-likeness (QED) is 0.391. The zero-order valence-corrected chi connectivity index (χ0v) is 20.5. The van der Waals surface area contributed by atoms with E-state index in [1.54, 1.807) is 24.0 Å². The van der Waals surface area contributed by atoms with Crippen molar-refractivity contribution in [1.29, 1.82) is 5.26 Å². The number of hydrogen-bond donors (Lipinski definition) is 2. The van der Waals surface area contributed by atoms with E-state index in [-0.39, 0.29) is 36.9 Å². The van der Waals surface area contributed by atoms with Crippen molar-refractivity contribution < 1.29 is 18.0 Å². The van der Waals surface area contributed by atoms with Crippen LogP contribution in [0.3, 0.4) is 0 Å². The zero-order valence-electron chi connectivity index (χ0n) is 20.5. The number of halogens is 3. The van der Waals surface area contributed by atoms with Crippen molar-refractivity contribution in [3.05, 3.63) is 36.0 Å². The van der Waals surface area contributed by atoms with Crippen LogP contribution in [0, 0.1) is 11.3 Å². The van der Waals surface area contributed by atoms with Crippen molar-refractivity contribution >= 4 is 22.8 Å². The van der Waals surface area contributed by atoms with Crippen molar-refractivity contribution in [2.45, 2.75) is 44.4 Å². The Hall–Kier alpha value is -4.18. The number of pyridine rings is 1. The van der Waals surface area contributed by atoms with Crippen molar-refractivity contribution in [2.75, 3.05) is 25.0 Å². The second kappa shape index (κ2) is 8.98. The Morgan fingerprint density at radius 2 is 1.97 bits per heavy atom. The lowest BCUT2D eigenvalue weighted by Crippen LogP contribution is -2.31. The molecule has 38 heavy (non-hydrogen) atoms. The molecule has 196 valence electrons. The number of anilines is 1. The summed E-state index contributed by atoms with van der Waals surface area (Å²) >= 11 is 0. The van der Waals surface area contributed by atoms with Crippen molar-refractivity contribution in [2.24, 2.45) is 0 Å². The van der Waals surface area contributed by atoms with Gasteiger partial charge in [0.05, 0.1) is 11.6 Å². The molecule has 10 nitrogen and oxygen atoms in total. The van der Waals surface area contributed by atoms with Gasteiger partial charge in [0.15, 0.2) is 11.5 Å². The Morgan fingerprint density at radius 3 is 2.71 bits per heavy atom. The first kappa shape index (κ1) is 24.2. The van der Waals surface area contributed by atoms with Gasteiger partial charge in [-0.2, -0.15) is 28.6 Å². The number of rotatable bonds is 1. The molecular formula is C25H24F3N9O. The lowest BCUT2D eigenvalue weighted by Gasteiger charge is -2.23. The highest BCUT2D eigenvalue weighted by molar-refractivity contribution is 6.00. The van der Waals surface area contributed by atoms with Gasteiger partial charge in [0.1, 0.15) is 17.4 Å². The zero-order chi connectivity index (χ0) is 26.6. The van der Waals surface area contributed by atoms with E-state index >= 15 is 0 Å². The first-order valence-corrected chi connectivity index (χ1v) is 12.4. The summed E-state index contributed by atoms with van der Waals surface area (Å²) in [4.78, 5) is 22.0. The molecule has 4 aromatic rings. The predicted octanol–water partition coefficient (Wildman–Crippen LogP) is 3.86. The third-order valence-corrected chi connectivity index (χ3v) is 7.26. The Bertz CT molecular complexity index is 1580. The third-order valence-electron chi connectivity index (χ3n) is 7.26. The number of aromatic nitrogens is 6. The molecule has 2 N–H and O–H groups in total. The Labute approximate surface area is 215 Å². The van der Waals surface area contributed by atoms with Crippen LogP contribution in [0.25, 0.3) is 33.3 Å². The number of nitriles is 1. The Balaban J connectivity index is 1.62. The van der Waals surface area contributed by atoms with E-state index in [1.807, 2.05) is 0 Å². The number of nitrogens with zero attached hydrogens (tertiary/aromatic N) is 7. The van der Waals surface area contributed by atoms with Gasteiger partial charge in [-0.25, -0.2) is 9.67 Å². The fourth-order valence-corrected chi connectivity index (χ4v) is 5.33. The predicted molar refractivity (Wildman–Crippen MR) is 132 cm³/mol. The fourth-order valence-electron chi connectivity index (χ4n) is 5.33. The standard InChI is InChI=1S/C25H24F3N9O/c1-35-20(38)3-2-8-36-13-18(22(33-36)25(26,27)28)17-12-32-23-16(17)9-14(11-31-23)21-19(10-29)37(34-24(21)35)15-4-6-30-7-5-15/h9,11-13,15,30H,2-8H2,1H3,(H,31,32). The van der Waals surface area contributed by atoms with E-state index in [0.717, 1.165) is 25.9 Å². The average Bonchev–Trinajstić information content (AvgIpc) is 3.62. The van der Waals surface area contributed by atoms with E-state index in [4.69, 9.17) is 5.10 Å². The minimum absolute atomic E-state index is 0.0252. The number of alkyl halides is 3. The van der Waals surface area contributed by atoms with Gasteiger partial charge in [0.25, 0.3) is 0 Å². The Morgan fingerprint density at radius 1 is 1.18 bits per heavy atom. The summed E-state index contributed by atoms with van der Waals surface area (Å²) in [7, 11) is 1.61. The molecular weight excluding hydrogens is 499 g/mol. The van der Waals surface area contributed by atoms with Gasteiger partial charge in [-0.15, -0.1) is 0 Å². The van der Waals surface area contributed by atoms with Crippen LogP contribution in [0.1, 0.15) is 43.1 Å². The summed E-state index contributed by atoms with van der Waals surface area (Å²) < 4.78 is 44.8. The maximum Gasteiger partial charge on any atom is 0.435 e. The lowest BCUT2D eigenvalue weighted by molar-refractivity contribution is -0.141. The number of amides is 1. The molecule has 4 bridgehead atoms. The van der Waals surface area contributed by atoms with Crippen LogP contribution in [-0.4, -0.2) is 55.6 Å². The molecule has 6 rings (SSSR count). The molecule has 0 unspecified atom stereocenters. The molecule has 0 aromatic carbocycles. The van der Waals surface area contributed by atoms with Gasteiger partial charge in [0, 0.05) is 60.7 Å². The maximum atomic E-state index is 14.0. The molecule has 4 aromatic heterocycles. The lowest BCUT2D eigenvalue weighted by atomic mass is 10.0. The number of aromatic amines is 1. The van der Waals surface area contributed by atoms with Gasteiger partial charge in [-0.3, -0.25) is 14.4 Å². The van der Waals surface area contributed by atoms with Crippen molar-refractivity contribution in [1.82, 2.24) is 34.8 Å². The average molecular weight is 524 g/mol. The first-order chi connectivity index (χ1) is 18.3. The van der Waals surface area contributed by atoms with E-state index in [2.05, 4.69) is 26.5 Å². The SMILES string of the molecule is CN1C(=O)CCCn2cc(c(C(F)(F)F)n2)-c2c[nH]c3ncc(cc23)-c2c1nn(C1CCNCC1)c2C#N. The number of aryl methyl sites for hydroxylation is 1. The molecule has 0 radical (unpaired) electrons. The van der Waals surface area contributed by atoms with Crippen LogP contribution in [0.4, 0.5) is 19.0 Å². The molecule has 0 saturated carbocycles. The molecule has 2 aliphatic rings. The smallest absolute Gasteiger partial charge is 0.346 e. The summed E-state index contributed by atoms with van der Waals surface area (Å²) in [5, 5.41) is 22.6. The molecule has 0 atom stereocenters. The molecule has 1 saturated heterocycles. The van der Waals surface area contributed by atoms with E-state index in [9.17, 15) is 23.2 Å². The van der Waals surface area contributed by atoms with Crippen LogP contribution in [0.5, 0.6) is 0 Å². The van der Waals surface area contributed by atoms with Crippen molar-refractivity contribution in [3.63, 3.8) is 0 Å². The van der Waals surface area contributed by atoms with E-state index in [0.29, 0.717) is 39.2 Å². The largest absolute Gasteiger partial charge is 0.435 e. The number of carbonyl (C=O) groups is 1. The number of H-pyrrole nitrogens is 1. The van der Waals surface area contributed by atoms with Crippen LogP contribution in [0.2, 0.25) is 0 Å². The summed E-state index contributed by atoms with van der Waals surface area (Å²) in [5.74, 6) is 0.0673. The van der Waals surface area contributed by atoms with Gasteiger partial charge in [-0.05, 0) is 38.4 Å². The first-order valence-electron chi connectivity index (χ1n) is 12.4. The highest BCUT2D eigenvalue weighted by Crippen LogP contribution is 2.41. The van der Waals surface area contributed by atoms with Crippen LogP contribution in [0.15, 0.2) is 24.7 Å². The Kier molecular flexibility index (Phi) is 5.71. The van der Waals surface area contributed by atoms with E-state index in [1.165, 1.54) is 22.0 Å². The van der Waals surface area contributed by atoms with Gasteiger partial charge in [0.2, 0.25) is 5.91 Å². The number of fused-ring (bicyclic) bond motifs is 6. The maximum absolute atomic E-state index is 14.0. The normalized spacial score (nSPS) is 17.0. The van der Waals surface area contributed by atoms with Crippen molar-refractivity contribution in [3.8, 4) is 28.3 Å².